The molecule has 20 heavy (non-hydrogen) atoms. The Balaban J connectivity index is 2.30. The smallest absolute Gasteiger partial charge is 0.0360 e. The molecule has 0 N–H and O–H groups in total. The average Bonchev–Trinajstić information content (AvgIpc) is 2.40. The van der Waals surface area contributed by atoms with E-state index in [1.54, 1.807) is 0 Å². The summed E-state index contributed by atoms with van der Waals surface area (Å²) >= 11 is 0. The molecular formula is C18H36N2. The fourth-order valence-corrected chi connectivity index (χ4v) is 3.03. The van der Waals surface area contributed by atoms with Crippen LogP contribution in [0.1, 0.15) is 97.3 Å². The summed E-state index contributed by atoms with van der Waals surface area (Å²) in [6.07, 6.45) is 18.4. The third-order valence-electron chi connectivity index (χ3n) is 4.17. The SMILES string of the molecule is CC(C)=NN1CCCCCCCCCCCCCCC1. The molecule has 0 radical (unpaired) electrons. The number of nitrogens with zero attached hydrogens (tertiary/aromatic N) is 2. The molecule has 1 aliphatic rings. The normalized spacial score (nSPS) is 21.4. The van der Waals surface area contributed by atoms with Gasteiger partial charge in [0.15, 0.2) is 0 Å². The zero-order chi connectivity index (χ0) is 14.5. The van der Waals surface area contributed by atoms with Gasteiger partial charge in [0.05, 0.1) is 0 Å². The molecular weight excluding hydrogens is 244 g/mol. The molecule has 118 valence electrons. The Kier molecular flexibility index (Phi) is 10.7. The van der Waals surface area contributed by atoms with Crippen molar-refractivity contribution in [2.75, 3.05) is 13.1 Å². The van der Waals surface area contributed by atoms with E-state index < -0.39 is 0 Å². The van der Waals surface area contributed by atoms with Crippen molar-refractivity contribution in [2.45, 2.75) is 97.3 Å². The first-order valence-corrected chi connectivity index (χ1v) is 9.06. The third-order valence-corrected chi connectivity index (χ3v) is 4.17. The molecule has 2 heteroatoms. The Morgan fingerprint density at radius 2 is 0.850 bits per heavy atom. The van der Waals surface area contributed by atoms with E-state index in [2.05, 4.69) is 24.0 Å². The highest BCUT2D eigenvalue weighted by molar-refractivity contribution is 5.78. The fraction of sp³-hybridized carbons (Fsp3) is 0.944. The van der Waals surface area contributed by atoms with Crippen LogP contribution in [0.5, 0.6) is 0 Å². The van der Waals surface area contributed by atoms with Gasteiger partial charge in [-0.05, 0) is 26.7 Å². The van der Waals surface area contributed by atoms with E-state index in [0.29, 0.717) is 0 Å². The molecule has 1 heterocycles. The number of rotatable bonds is 1. The predicted octanol–water partition coefficient (Wildman–Crippen LogP) is 5.77. The Hall–Kier alpha value is -0.530. The minimum absolute atomic E-state index is 1.16. The van der Waals surface area contributed by atoms with Crippen LogP contribution in [0.3, 0.4) is 0 Å². The summed E-state index contributed by atoms with van der Waals surface area (Å²) in [6.45, 7) is 6.54. The molecule has 1 rings (SSSR count). The van der Waals surface area contributed by atoms with Crippen molar-refractivity contribution in [2.24, 2.45) is 5.10 Å². The van der Waals surface area contributed by atoms with E-state index in [0.717, 1.165) is 13.1 Å². The predicted molar refractivity (Wildman–Crippen MR) is 90.4 cm³/mol. The Morgan fingerprint density at radius 1 is 0.550 bits per heavy atom. The van der Waals surface area contributed by atoms with Gasteiger partial charge in [-0.2, -0.15) is 5.10 Å². The summed E-state index contributed by atoms with van der Waals surface area (Å²) < 4.78 is 0. The fourth-order valence-electron chi connectivity index (χ4n) is 3.03. The van der Waals surface area contributed by atoms with Gasteiger partial charge in [-0.3, -0.25) is 5.01 Å². The van der Waals surface area contributed by atoms with Crippen molar-refractivity contribution in [1.82, 2.24) is 5.01 Å². The lowest BCUT2D eigenvalue weighted by molar-refractivity contribution is 0.272. The molecule has 0 atom stereocenters. The maximum absolute atomic E-state index is 4.69. The average molecular weight is 280 g/mol. The molecule has 0 amide bonds. The van der Waals surface area contributed by atoms with Gasteiger partial charge in [-0.1, -0.05) is 70.6 Å². The van der Waals surface area contributed by atoms with Crippen LogP contribution in [0, 0.1) is 0 Å². The van der Waals surface area contributed by atoms with Gasteiger partial charge in [-0.15, -0.1) is 0 Å². The second-order valence-corrected chi connectivity index (χ2v) is 6.60. The summed E-state index contributed by atoms with van der Waals surface area (Å²) in [5, 5.41) is 7.01. The Bertz CT molecular complexity index is 228. The first-order valence-electron chi connectivity index (χ1n) is 9.06. The first-order chi connectivity index (χ1) is 9.79. The third kappa shape index (κ3) is 10.3. The van der Waals surface area contributed by atoms with Gasteiger partial charge in [0.25, 0.3) is 0 Å². The van der Waals surface area contributed by atoms with Crippen molar-refractivity contribution in [1.29, 1.82) is 0 Å². The summed E-state index contributed by atoms with van der Waals surface area (Å²) in [5.74, 6) is 0. The quantitative estimate of drug-likeness (QED) is 0.557. The number of hydrazone groups is 1. The van der Waals surface area contributed by atoms with E-state index in [-0.39, 0.29) is 0 Å². The summed E-state index contributed by atoms with van der Waals surface area (Å²) in [6, 6.07) is 0. The maximum atomic E-state index is 4.69. The summed E-state index contributed by atoms with van der Waals surface area (Å²) in [5.41, 5.74) is 1.19. The van der Waals surface area contributed by atoms with Crippen LogP contribution in [0.2, 0.25) is 0 Å². The van der Waals surface area contributed by atoms with E-state index in [4.69, 9.17) is 0 Å². The molecule has 0 aromatic rings. The molecule has 0 saturated carbocycles. The lowest BCUT2D eigenvalue weighted by Gasteiger charge is -2.20. The van der Waals surface area contributed by atoms with E-state index in [1.165, 1.54) is 89.2 Å². The zero-order valence-electron chi connectivity index (χ0n) is 14.0. The van der Waals surface area contributed by atoms with Gasteiger partial charge < -0.3 is 0 Å². The van der Waals surface area contributed by atoms with Gasteiger partial charge in [0.2, 0.25) is 0 Å². The minimum atomic E-state index is 1.16. The van der Waals surface area contributed by atoms with Gasteiger partial charge >= 0.3 is 0 Å². The van der Waals surface area contributed by atoms with Crippen LogP contribution in [-0.4, -0.2) is 23.8 Å². The Morgan fingerprint density at radius 3 is 1.15 bits per heavy atom. The largest absolute Gasteiger partial charge is 0.297 e. The molecule has 2 nitrogen and oxygen atoms in total. The highest BCUT2D eigenvalue weighted by Gasteiger charge is 2.02. The van der Waals surface area contributed by atoms with Crippen molar-refractivity contribution in [3.8, 4) is 0 Å². The van der Waals surface area contributed by atoms with Crippen LogP contribution in [0.4, 0.5) is 0 Å². The number of hydrogen-bond donors (Lipinski definition) is 0. The van der Waals surface area contributed by atoms with E-state index in [1.807, 2.05) is 0 Å². The minimum Gasteiger partial charge on any atom is -0.297 e. The molecule has 1 aliphatic heterocycles. The van der Waals surface area contributed by atoms with Crippen LogP contribution in [-0.2, 0) is 0 Å². The monoisotopic (exact) mass is 280 g/mol. The van der Waals surface area contributed by atoms with Crippen LogP contribution in [0.25, 0.3) is 0 Å². The van der Waals surface area contributed by atoms with E-state index >= 15 is 0 Å². The lowest BCUT2D eigenvalue weighted by Crippen LogP contribution is -2.21. The highest BCUT2D eigenvalue weighted by atomic mass is 15.4. The van der Waals surface area contributed by atoms with Crippen molar-refractivity contribution in [3.63, 3.8) is 0 Å². The number of hydrogen-bond acceptors (Lipinski definition) is 2. The molecule has 1 saturated heterocycles. The second kappa shape index (κ2) is 12.2. The van der Waals surface area contributed by atoms with Crippen LogP contribution in [0.15, 0.2) is 5.10 Å². The molecule has 0 aliphatic carbocycles. The zero-order valence-corrected chi connectivity index (χ0v) is 14.0. The first kappa shape index (κ1) is 17.5. The molecule has 0 aromatic heterocycles. The molecule has 1 fully saturated rings. The molecule has 0 bridgehead atoms. The van der Waals surface area contributed by atoms with Crippen molar-refractivity contribution in [3.05, 3.63) is 0 Å². The van der Waals surface area contributed by atoms with E-state index in [9.17, 15) is 0 Å². The van der Waals surface area contributed by atoms with Gasteiger partial charge in [0, 0.05) is 18.8 Å². The molecule has 0 aromatic carbocycles. The molecule has 0 spiro atoms. The standard InChI is InChI=1S/C18H36N2/c1-18(2)19-20-16-14-12-10-8-6-4-3-5-7-9-11-13-15-17-20/h3-17H2,1-2H3. The van der Waals surface area contributed by atoms with Crippen molar-refractivity contribution >= 4 is 5.71 Å². The Labute approximate surface area is 127 Å². The summed E-state index contributed by atoms with van der Waals surface area (Å²) in [4.78, 5) is 0. The highest BCUT2D eigenvalue weighted by Crippen LogP contribution is 2.14. The lowest BCUT2D eigenvalue weighted by atomic mass is 10.0. The molecule has 0 unspecified atom stereocenters. The van der Waals surface area contributed by atoms with Crippen LogP contribution < -0.4 is 0 Å². The second-order valence-electron chi connectivity index (χ2n) is 6.60. The van der Waals surface area contributed by atoms with Gasteiger partial charge in [0.1, 0.15) is 0 Å². The van der Waals surface area contributed by atoms with Crippen LogP contribution >= 0.6 is 0 Å². The van der Waals surface area contributed by atoms with Crippen molar-refractivity contribution < 1.29 is 0 Å². The maximum Gasteiger partial charge on any atom is 0.0360 e. The summed E-state index contributed by atoms with van der Waals surface area (Å²) in [7, 11) is 0. The topological polar surface area (TPSA) is 15.6 Å². The van der Waals surface area contributed by atoms with Gasteiger partial charge in [-0.25, -0.2) is 0 Å².